The van der Waals surface area contributed by atoms with Gasteiger partial charge in [-0.3, -0.25) is 4.99 Å². The maximum absolute atomic E-state index is 15.2. The zero-order chi connectivity index (χ0) is 27.1. The molecule has 0 spiro atoms. The third kappa shape index (κ3) is 5.16. The van der Waals surface area contributed by atoms with Gasteiger partial charge in [0.2, 0.25) is 5.95 Å². The van der Waals surface area contributed by atoms with Crippen LogP contribution in [-0.2, 0) is 4.74 Å². The van der Waals surface area contributed by atoms with Gasteiger partial charge in [0.15, 0.2) is 0 Å². The predicted molar refractivity (Wildman–Crippen MR) is 151 cm³/mol. The molecule has 12 heteroatoms. The van der Waals surface area contributed by atoms with E-state index in [-0.39, 0.29) is 11.8 Å². The van der Waals surface area contributed by atoms with Crippen molar-refractivity contribution >= 4 is 58.1 Å². The van der Waals surface area contributed by atoms with Crippen LogP contribution in [0.5, 0.6) is 0 Å². The molecule has 0 aliphatic carbocycles. The molecule has 2 aromatic heterocycles. The number of ether oxygens (including phenoxy) is 1. The summed E-state index contributed by atoms with van der Waals surface area (Å²) in [5.74, 6) is 1.49. The molecule has 202 valence electrons. The zero-order valence-electron chi connectivity index (χ0n) is 22.0. The van der Waals surface area contributed by atoms with Gasteiger partial charge in [0.25, 0.3) is 0 Å². The SMILES string of the molecule is CC(C)(C)OC(=O)N1CCN(c2ccc(Nc3ncc4c(n3)N3CCN=C3C(c3cscn3)=C4)c(F)c2)CC1. The molecule has 3 aliphatic heterocycles. The zero-order valence-corrected chi connectivity index (χ0v) is 22.8. The van der Waals surface area contributed by atoms with Crippen LogP contribution in [0.2, 0.25) is 0 Å². The van der Waals surface area contributed by atoms with Gasteiger partial charge in [-0.05, 0) is 45.0 Å². The molecule has 1 fully saturated rings. The molecule has 0 saturated carbocycles. The summed E-state index contributed by atoms with van der Waals surface area (Å²) in [4.78, 5) is 36.4. The van der Waals surface area contributed by atoms with Crippen molar-refractivity contribution in [2.75, 3.05) is 54.4 Å². The summed E-state index contributed by atoms with van der Waals surface area (Å²) in [5.41, 5.74) is 5.02. The van der Waals surface area contributed by atoms with Crippen molar-refractivity contribution in [2.45, 2.75) is 26.4 Å². The third-order valence-electron chi connectivity index (χ3n) is 6.64. The fraction of sp³-hybridized carbons (Fsp3) is 0.370. The molecule has 1 amide bonds. The Hall–Kier alpha value is -4.06. The van der Waals surface area contributed by atoms with Gasteiger partial charge in [-0.2, -0.15) is 4.98 Å². The molecule has 10 nitrogen and oxygen atoms in total. The number of aromatic nitrogens is 3. The fourth-order valence-electron chi connectivity index (χ4n) is 4.79. The van der Waals surface area contributed by atoms with E-state index in [0.717, 1.165) is 34.2 Å². The Morgan fingerprint density at radius 1 is 1.13 bits per heavy atom. The highest BCUT2D eigenvalue weighted by atomic mass is 32.1. The third-order valence-corrected chi connectivity index (χ3v) is 7.22. The van der Waals surface area contributed by atoms with Crippen LogP contribution >= 0.6 is 11.3 Å². The number of carbonyl (C=O) groups excluding carboxylic acids is 1. The summed E-state index contributed by atoms with van der Waals surface area (Å²) in [6.07, 6.45) is 3.43. The van der Waals surface area contributed by atoms with Gasteiger partial charge in [-0.25, -0.2) is 19.2 Å². The van der Waals surface area contributed by atoms with E-state index in [1.807, 2.05) is 38.3 Å². The lowest BCUT2D eigenvalue weighted by molar-refractivity contribution is 0.0240. The van der Waals surface area contributed by atoms with Crippen molar-refractivity contribution in [1.29, 1.82) is 0 Å². The molecule has 3 aliphatic rings. The fourth-order valence-corrected chi connectivity index (χ4v) is 5.35. The molecule has 1 N–H and O–H groups in total. The highest BCUT2D eigenvalue weighted by Crippen LogP contribution is 2.35. The average Bonchev–Trinajstić information content (AvgIpc) is 3.62. The van der Waals surface area contributed by atoms with E-state index in [0.29, 0.717) is 45.2 Å². The van der Waals surface area contributed by atoms with E-state index in [4.69, 9.17) is 9.72 Å². The number of fused-ring (bicyclic) bond motifs is 3. The maximum Gasteiger partial charge on any atom is 0.410 e. The van der Waals surface area contributed by atoms with Gasteiger partial charge in [-0.1, -0.05) is 0 Å². The van der Waals surface area contributed by atoms with Crippen molar-refractivity contribution < 1.29 is 13.9 Å². The molecule has 0 radical (unpaired) electrons. The molecule has 3 aromatic rings. The summed E-state index contributed by atoms with van der Waals surface area (Å²) in [7, 11) is 0. The van der Waals surface area contributed by atoms with E-state index in [2.05, 4.69) is 30.1 Å². The first-order valence-corrected chi connectivity index (χ1v) is 13.8. The first-order valence-electron chi connectivity index (χ1n) is 12.8. The number of nitrogens with one attached hydrogen (secondary N) is 1. The van der Waals surface area contributed by atoms with E-state index < -0.39 is 11.4 Å². The molecule has 1 aromatic carbocycles. The quantitative estimate of drug-likeness (QED) is 0.503. The van der Waals surface area contributed by atoms with E-state index in [1.165, 1.54) is 6.07 Å². The lowest BCUT2D eigenvalue weighted by atomic mass is 10.0. The highest BCUT2D eigenvalue weighted by molar-refractivity contribution is 7.07. The van der Waals surface area contributed by atoms with Gasteiger partial charge in [-0.15, -0.1) is 11.3 Å². The first-order chi connectivity index (χ1) is 18.7. The summed E-state index contributed by atoms with van der Waals surface area (Å²) in [6, 6.07) is 5.05. The lowest BCUT2D eigenvalue weighted by Crippen LogP contribution is -2.50. The summed E-state index contributed by atoms with van der Waals surface area (Å²) in [5, 5.41) is 5.03. The number of amidine groups is 1. The Morgan fingerprint density at radius 2 is 1.95 bits per heavy atom. The number of hydrogen-bond acceptors (Lipinski definition) is 10. The number of thiazole rings is 1. The second-order valence-electron chi connectivity index (χ2n) is 10.5. The Bertz CT molecular complexity index is 1460. The van der Waals surface area contributed by atoms with Crippen molar-refractivity contribution in [2.24, 2.45) is 4.99 Å². The molecule has 0 bridgehead atoms. The summed E-state index contributed by atoms with van der Waals surface area (Å²) in [6.45, 7) is 9.15. The largest absolute Gasteiger partial charge is 0.444 e. The summed E-state index contributed by atoms with van der Waals surface area (Å²) >= 11 is 1.54. The number of hydrogen-bond donors (Lipinski definition) is 1. The van der Waals surface area contributed by atoms with Crippen LogP contribution < -0.4 is 15.1 Å². The normalized spacial score (nSPS) is 16.9. The molecular weight excluding hydrogens is 519 g/mol. The monoisotopic (exact) mass is 548 g/mol. The van der Waals surface area contributed by atoms with Crippen molar-refractivity contribution in [1.82, 2.24) is 19.9 Å². The van der Waals surface area contributed by atoms with Crippen molar-refractivity contribution in [3.63, 3.8) is 0 Å². The molecule has 0 unspecified atom stereocenters. The van der Waals surface area contributed by atoms with Gasteiger partial charge >= 0.3 is 6.09 Å². The minimum Gasteiger partial charge on any atom is -0.444 e. The van der Waals surface area contributed by atoms with E-state index in [1.54, 1.807) is 34.0 Å². The van der Waals surface area contributed by atoms with E-state index >= 15 is 4.39 Å². The van der Waals surface area contributed by atoms with Crippen LogP contribution in [0.3, 0.4) is 0 Å². The number of carbonyl (C=O) groups is 1. The number of rotatable bonds is 4. The number of aliphatic imine (C=N–C) groups is 1. The number of halogens is 1. The molecule has 5 heterocycles. The van der Waals surface area contributed by atoms with Crippen LogP contribution in [0.1, 0.15) is 32.0 Å². The Labute approximate surface area is 229 Å². The van der Waals surface area contributed by atoms with Gasteiger partial charge < -0.3 is 24.8 Å². The second kappa shape index (κ2) is 9.92. The smallest absolute Gasteiger partial charge is 0.410 e. The van der Waals surface area contributed by atoms with Crippen LogP contribution in [-0.4, -0.2) is 76.7 Å². The van der Waals surface area contributed by atoms with Crippen LogP contribution in [0.25, 0.3) is 11.6 Å². The minimum atomic E-state index is -0.534. The molecule has 0 atom stereocenters. The van der Waals surface area contributed by atoms with Crippen molar-refractivity contribution in [3.8, 4) is 0 Å². The highest BCUT2D eigenvalue weighted by Gasteiger charge is 2.31. The van der Waals surface area contributed by atoms with Crippen molar-refractivity contribution in [3.05, 3.63) is 52.4 Å². The van der Waals surface area contributed by atoms with E-state index in [9.17, 15) is 4.79 Å². The van der Waals surface area contributed by atoms with Gasteiger partial charge in [0.05, 0.1) is 23.4 Å². The first kappa shape index (κ1) is 25.2. The Balaban J connectivity index is 1.15. The Kier molecular flexibility index (Phi) is 6.42. The number of nitrogens with zero attached hydrogens (tertiary/aromatic N) is 7. The molecule has 39 heavy (non-hydrogen) atoms. The Morgan fingerprint density at radius 3 is 2.67 bits per heavy atom. The molecule has 6 rings (SSSR count). The predicted octanol–water partition coefficient (Wildman–Crippen LogP) is 4.65. The number of piperazine rings is 1. The van der Waals surface area contributed by atoms with Gasteiger partial charge in [0.1, 0.15) is 23.1 Å². The van der Waals surface area contributed by atoms with Crippen LogP contribution in [0.15, 0.2) is 40.3 Å². The standard InChI is InChI=1S/C27H29FN8O2S/c1-27(2,3)38-26(37)35-10-8-34(9-11-35)18-4-5-21(20(28)13-18)32-25-30-14-17-12-19(22-15-39-16-31-22)24-29-6-7-36(24)23(17)33-25/h4-5,12-16H,6-11H2,1-3H3,(H,30,32,33). The second-order valence-corrected chi connectivity index (χ2v) is 11.2. The lowest BCUT2D eigenvalue weighted by Gasteiger charge is -2.36. The minimum absolute atomic E-state index is 0.288. The number of amides is 1. The summed E-state index contributed by atoms with van der Waals surface area (Å²) < 4.78 is 20.6. The average molecular weight is 549 g/mol. The van der Waals surface area contributed by atoms with Gasteiger partial charge in [0, 0.05) is 61.1 Å². The molecule has 1 saturated heterocycles. The van der Waals surface area contributed by atoms with Crippen LogP contribution in [0.4, 0.5) is 32.3 Å². The maximum atomic E-state index is 15.2. The van der Waals surface area contributed by atoms with Crippen LogP contribution in [0, 0.1) is 5.82 Å². The number of anilines is 4. The topological polar surface area (TPSA) is 99.1 Å². The molecular formula is C27H29FN8O2S. The number of benzene rings is 1.